The van der Waals surface area contributed by atoms with E-state index in [0.717, 1.165) is 15.3 Å². The maximum absolute atomic E-state index is 11.7. The lowest BCUT2D eigenvalue weighted by atomic mass is 10.4. The average Bonchev–Trinajstić information content (AvgIpc) is 2.33. The smallest absolute Gasteiger partial charge is 0.279 e. The maximum Gasteiger partial charge on any atom is 0.332 e. The van der Waals surface area contributed by atoms with Crippen LogP contribution in [0.3, 0.4) is 0 Å². The summed E-state index contributed by atoms with van der Waals surface area (Å²) in [5, 5.41) is 10.4. The van der Waals surface area contributed by atoms with Gasteiger partial charge in [0.25, 0.3) is 5.56 Å². The predicted octanol–water partition coefficient (Wildman–Crippen LogP) is -1.20. The summed E-state index contributed by atoms with van der Waals surface area (Å²) in [7, 11) is 2.76. The second-order valence-electron chi connectivity index (χ2n) is 3.73. The maximum atomic E-state index is 11.7. The molecule has 9 heteroatoms. The molecule has 94 valence electrons. The van der Waals surface area contributed by atoms with Crippen molar-refractivity contribution in [3.63, 3.8) is 0 Å². The minimum atomic E-state index is -0.576. The fourth-order valence-corrected chi connectivity index (χ4v) is 1.57. The Morgan fingerprint density at radius 1 is 1.33 bits per heavy atom. The number of aromatic nitrogens is 4. The normalized spacial score (nSPS) is 10.8. The lowest BCUT2D eigenvalue weighted by Crippen LogP contribution is -2.37. The van der Waals surface area contributed by atoms with Crippen LogP contribution in [0.1, 0.15) is 5.69 Å². The molecule has 0 saturated heterocycles. The Hall–Kier alpha value is -2.58. The van der Waals surface area contributed by atoms with E-state index in [0.29, 0.717) is 0 Å². The molecule has 0 aromatic carbocycles. The topological polar surface area (TPSA) is 113 Å². The van der Waals surface area contributed by atoms with Gasteiger partial charge in [-0.1, -0.05) is 0 Å². The fourth-order valence-electron chi connectivity index (χ4n) is 1.57. The van der Waals surface area contributed by atoms with Crippen LogP contribution in [0.15, 0.2) is 15.8 Å². The molecule has 0 radical (unpaired) electrons. The van der Waals surface area contributed by atoms with Crippen molar-refractivity contribution in [1.29, 1.82) is 0 Å². The summed E-state index contributed by atoms with van der Waals surface area (Å²) in [5.74, 6) is 0. The number of hydrogen-bond acceptors (Lipinski definition) is 6. The molecule has 2 rings (SSSR count). The van der Waals surface area contributed by atoms with Crippen LogP contribution in [0.2, 0.25) is 0 Å². The predicted molar refractivity (Wildman–Crippen MR) is 60.7 cm³/mol. The third kappa shape index (κ3) is 1.75. The molecule has 0 spiro atoms. The molecule has 0 aliphatic heterocycles. The molecule has 18 heavy (non-hydrogen) atoms. The van der Waals surface area contributed by atoms with Crippen molar-refractivity contribution in [2.45, 2.75) is 6.54 Å². The van der Waals surface area contributed by atoms with Crippen LogP contribution in [0.25, 0.3) is 11.2 Å². The molecule has 9 nitrogen and oxygen atoms in total. The first-order valence-electron chi connectivity index (χ1n) is 4.95. The van der Waals surface area contributed by atoms with Crippen molar-refractivity contribution in [2.75, 3.05) is 0 Å². The third-order valence-electron chi connectivity index (χ3n) is 2.49. The Bertz CT molecular complexity index is 760. The van der Waals surface area contributed by atoms with E-state index in [1.165, 1.54) is 14.1 Å². The molecule has 2 aromatic heterocycles. The molecular formula is C9H9N5O4. The fraction of sp³-hybridized carbons (Fsp3) is 0.333. The Balaban J connectivity index is 2.82. The van der Waals surface area contributed by atoms with Gasteiger partial charge in [0.15, 0.2) is 11.2 Å². The molecule has 0 fully saturated rings. The monoisotopic (exact) mass is 251 g/mol. The molecule has 0 saturated carbocycles. The Morgan fingerprint density at radius 2 is 2.00 bits per heavy atom. The third-order valence-corrected chi connectivity index (χ3v) is 2.49. The average molecular weight is 251 g/mol. The Kier molecular flexibility index (Phi) is 2.66. The second kappa shape index (κ2) is 4.02. The van der Waals surface area contributed by atoms with Crippen molar-refractivity contribution < 1.29 is 4.92 Å². The van der Waals surface area contributed by atoms with Crippen molar-refractivity contribution in [3.05, 3.63) is 42.8 Å². The zero-order chi connectivity index (χ0) is 13.4. The van der Waals surface area contributed by atoms with Crippen LogP contribution in [0.5, 0.6) is 0 Å². The van der Waals surface area contributed by atoms with Gasteiger partial charge in [-0.15, -0.1) is 0 Å². The molecule has 0 aliphatic carbocycles. The van der Waals surface area contributed by atoms with Crippen molar-refractivity contribution >= 4 is 11.2 Å². The zero-order valence-electron chi connectivity index (χ0n) is 9.65. The van der Waals surface area contributed by atoms with Gasteiger partial charge in [-0.3, -0.25) is 24.0 Å². The minimum Gasteiger partial charge on any atom is -0.279 e. The lowest BCUT2D eigenvalue weighted by Gasteiger charge is -2.05. The van der Waals surface area contributed by atoms with Gasteiger partial charge >= 0.3 is 5.69 Å². The van der Waals surface area contributed by atoms with Crippen molar-refractivity contribution in [3.8, 4) is 0 Å². The highest BCUT2D eigenvalue weighted by Gasteiger charge is 2.13. The summed E-state index contributed by atoms with van der Waals surface area (Å²) in [6, 6.07) is 0. The van der Waals surface area contributed by atoms with E-state index < -0.39 is 22.7 Å². The number of nitrogens with zero attached hydrogens (tertiary/aromatic N) is 5. The molecule has 0 bridgehead atoms. The van der Waals surface area contributed by atoms with E-state index in [1.807, 2.05) is 0 Å². The summed E-state index contributed by atoms with van der Waals surface area (Å²) in [6.07, 6.45) is 1.16. The van der Waals surface area contributed by atoms with Crippen LogP contribution >= 0.6 is 0 Å². The van der Waals surface area contributed by atoms with Crippen LogP contribution in [-0.2, 0) is 20.6 Å². The molecular weight excluding hydrogens is 242 g/mol. The first-order chi connectivity index (χ1) is 8.41. The van der Waals surface area contributed by atoms with Crippen LogP contribution in [0.4, 0.5) is 0 Å². The number of fused-ring (bicyclic) bond motifs is 1. The number of nitro groups is 1. The molecule has 2 heterocycles. The summed E-state index contributed by atoms with van der Waals surface area (Å²) in [5.41, 5.74) is -0.988. The highest BCUT2D eigenvalue weighted by molar-refractivity contribution is 5.68. The number of hydrogen-bond donors (Lipinski definition) is 0. The zero-order valence-corrected chi connectivity index (χ0v) is 9.65. The standard InChI is InChI=1S/C9H9N5O4/c1-12-7-6(8(15)13(2)9(12)16)10-3-5(11-7)4-14(17)18/h3H,4H2,1-2H3. The van der Waals surface area contributed by atoms with Crippen molar-refractivity contribution in [1.82, 2.24) is 19.1 Å². The van der Waals surface area contributed by atoms with E-state index in [9.17, 15) is 19.7 Å². The lowest BCUT2D eigenvalue weighted by molar-refractivity contribution is -0.497. The van der Waals surface area contributed by atoms with Gasteiger partial charge in [-0.25, -0.2) is 14.8 Å². The van der Waals surface area contributed by atoms with E-state index in [1.54, 1.807) is 0 Å². The SMILES string of the molecule is Cn1c(=O)c2ncc(C[N+](=O)[O-])nc2n(C)c1=O. The highest BCUT2D eigenvalue weighted by atomic mass is 16.6. The second-order valence-corrected chi connectivity index (χ2v) is 3.73. The summed E-state index contributed by atoms with van der Waals surface area (Å²) in [6.45, 7) is -0.508. The highest BCUT2D eigenvalue weighted by Crippen LogP contribution is 2.03. The van der Waals surface area contributed by atoms with E-state index >= 15 is 0 Å². The summed E-state index contributed by atoms with van der Waals surface area (Å²) >= 11 is 0. The van der Waals surface area contributed by atoms with Gasteiger partial charge in [0.2, 0.25) is 6.54 Å². The quantitative estimate of drug-likeness (QED) is 0.489. The summed E-state index contributed by atoms with van der Waals surface area (Å²) < 4.78 is 2.04. The van der Waals surface area contributed by atoms with Gasteiger partial charge in [-0.2, -0.15) is 0 Å². The first kappa shape index (κ1) is 11.9. The molecule has 0 N–H and O–H groups in total. The molecule has 0 atom stereocenters. The van der Waals surface area contributed by atoms with Gasteiger partial charge in [0.05, 0.1) is 6.20 Å². The van der Waals surface area contributed by atoms with Gasteiger partial charge in [0.1, 0.15) is 5.69 Å². The minimum absolute atomic E-state index is 0.00620. The van der Waals surface area contributed by atoms with Crippen molar-refractivity contribution in [2.24, 2.45) is 14.1 Å². The van der Waals surface area contributed by atoms with E-state index in [-0.39, 0.29) is 16.9 Å². The van der Waals surface area contributed by atoms with E-state index in [4.69, 9.17) is 0 Å². The van der Waals surface area contributed by atoms with Gasteiger partial charge in [-0.05, 0) is 0 Å². The van der Waals surface area contributed by atoms with Gasteiger partial charge in [0, 0.05) is 19.0 Å². The molecule has 2 aromatic rings. The Morgan fingerprint density at radius 3 is 2.61 bits per heavy atom. The largest absolute Gasteiger partial charge is 0.332 e. The molecule has 0 aliphatic rings. The Labute approximate surface area is 99.5 Å². The number of aryl methyl sites for hydroxylation is 1. The number of rotatable bonds is 2. The van der Waals surface area contributed by atoms with Crippen LogP contribution < -0.4 is 11.2 Å². The van der Waals surface area contributed by atoms with E-state index in [2.05, 4.69) is 9.97 Å². The van der Waals surface area contributed by atoms with Gasteiger partial charge < -0.3 is 0 Å². The molecule has 0 unspecified atom stereocenters. The molecule has 0 amide bonds. The summed E-state index contributed by atoms with van der Waals surface area (Å²) in [4.78, 5) is 41.0. The van der Waals surface area contributed by atoms with Crippen LogP contribution in [0, 0.1) is 10.1 Å². The first-order valence-corrected chi connectivity index (χ1v) is 4.95. The van der Waals surface area contributed by atoms with Crippen LogP contribution in [-0.4, -0.2) is 24.0 Å².